The van der Waals surface area contributed by atoms with Gasteiger partial charge in [-0.1, -0.05) is 47.5 Å². The lowest BCUT2D eigenvalue weighted by Gasteiger charge is -2.15. The summed E-state index contributed by atoms with van der Waals surface area (Å²) < 4.78 is 10.9. The Balaban J connectivity index is 1.27. The zero-order valence-electron chi connectivity index (χ0n) is 36.8. The second kappa shape index (κ2) is 25.1. The Morgan fingerprint density at radius 3 is 1.43 bits per heavy atom. The Hall–Kier alpha value is -6.43. The molecule has 5 rings (SSSR count). The topological polar surface area (TPSA) is 218 Å². The number of carbonyl (C=O) groups is 6. The number of hydrogen-bond acceptors (Lipinski definition) is 12. The maximum Gasteiger partial charge on any atom is 0.258 e. The van der Waals surface area contributed by atoms with Gasteiger partial charge in [0.1, 0.15) is 11.5 Å². The highest BCUT2D eigenvalue weighted by molar-refractivity contribution is 6.35. The van der Waals surface area contributed by atoms with Crippen molar-refractivity contribution in [3.63, 3.8) is 0 Å². The number of anilines is 4. The molecule has 0 aromatic heterocycles. The van der Waals surface area contributed by atoms with Gasteiger partial charge < -0.3 is 30.7 Å². The van der Waals surface area contributed by atoms with Crippen LogP contribution in [-0.4, -0.2) is 73.3 Å². The van der Waals surface area contributed by atoms with E-state index in [-0.39, 0.29) is 49.8 Å². The van der Waals surface area contributed by atoms with E-state index in [1.165, 1.54) is 68.8 Å². The second-order valence-corrected chi connectivity index (χ2v) is 16.4. The van der Waals surface area contributed by atoms with Gasteiger partial charge in [0.2, 0.25) is 12.1 Å². The van der Waals surface area contributed by atoms with E-state index < -0.39 is 47.3 Å². The van der Waals surface area contributed by atoms with E-state index in [2.05, 4.69) is 41.7 Å². The van der Waals surface area contributed by atoms with Crippen LogP contribution in [0.2, 0.25) is 10.0 Å². The van der Waals surface area contributed by atoms with Crippen molar-refractivity contribution in [2.24, 2.45) is 20.5 Å². The molecule has 354 valence electrons. The number of rotatable bonds is 21. The summed E-state index contributed by atoms with van der Waals surface area (Å²) in [6, 6.07) is 20.1. The molecule has 5 aromatic rings. The normalized spacial score (nSPS) is 12.0. The number of Topliss-reactive ketones (excluding diaryl/α,β-unsaturated/α-hetero) is 2. The van der Waals surface area contributed by atoms with Crippen LogP contribution in [0.5, 0.6) is 11.5 Å². The van der Waals surface area contributed by atoms with Crippen LogP contribution in [0.1, 0.15) is 51.3 Å². The lowest BCUT2D eigenvalue weighted by atomic mass is 10.1. The fourth-order valence-corrected chi connectivity index (χ4v) is 7.49. The lowest BCUT2D eigenvalue weighted by molar-refractivity contribution is -0.127. The number of azo groups is 2. The van der Waals surface area contributed by atoms with Crippen molar-refractivity contribution in [3.05, 3.63) is 129 Å². The monoisotopic (exact) mass is 1020 g/mol. The molecule has 68 heavy (non-hydrogen) atoms. The van der Waals surface area contributed by atoms with Gasteiger partial charge in [-0.3, -0.25) is 28.8 Å². The van der Waals surface area contributed by atoms with Crippen LogP contribution in [0.15, 0.2) is 111 Å². The summed E-state index contributed by atoms with van der Waals surface area (Å²) >= 11 is 31.0. The third-order valence-electron chi connectivity index (χ3n) is 9.88. The van der Waals surface area contributed by atoms with Crippen LogP contribution < -0.4 is 30.7 Å². The van der Waals surface area contributed by atoms with E-state index in [9.17, 15) is 28.8 Å². The number of aryl methyl sites for hydroxylation is 2. The van der Waals surface area contributed by atoms with Gasteiger partial charge in [0.05, 0.1) is 58.1 Å². The van der Waals surface area contributed by atoms with Crippen LogP contribution in [0.3, 0.4) is 0 Å². The number of alkyl halides is 3. The molecule has 0 aliphatic heterocycles. The summed E-state index contributed by atoms with van der Waals surface area (Å²) in [4.78, 5) is 79.0. The van der Waals surface area contributed by atoms with Crippen molar-refractivity contribution in [1.29, 1.82) is 0 Å². The average molecular weight is 1030 g/mol. The van der Waals surface area contributed by atoms with Crippen molar-refractivity contribution < 1.29 is 38.2 Å². The van der Waals surface area contributed by atoms with Gasteiger partial charge in [-0.2, -0.15) is 20.5 Å². The molecule has 2 atom stereocenters. The minimum absolute atomic E-state index is 0.0338. The number of ether oxygens (including phenoxy) is 2. The first-order chi connectivity index (χ1) is 32.6. The lowest BCUT2D eigenvalue weighted by Crippen LogP contribution is -2.32. The fourth-order valence-electron chi connectivity index (χ4n) is 6.46. The standard InChI is InChI=1S/C47H43Cl5N8O8/c1-25(61)40(59-57-31-11-14-35(51)33(22-31)44(63)55-42-27(17-19-48)7-5-9-38(42)67-3)46(65)53-30-13-16-37(29(21-30)24-50)54-47(66)41(26(2)62)60-58-32-12-15-36(52)34(23-32)45(64)56-43-28(18-20-49)8-6-10-39(43)68-4/h5-16,21-23,40-41H,17-20,24H2,1-4H3,(H,53,65)(H,54,66)(H,55,63)(H,56,64). The summed E-state index contributed by atoms with van der Waals surface area (Å²) in [5, 5.41) is 27.2. The Morgan fingerprint density at radius 1 is 0.559 bits per heavy atom. The molecule has 16 nitrogen and oxygen atoms in total. The van der Waals surface area contributed by atoms with E-state index in [0.29, 0.717) is 53.0 Å². The number of nitrogens with one attached hydrogen (secondary N) is 4. The van der Waals surface area contributed by atoms with Gasteiger partial charge in [-0.25, -0.2) is 0 Å². The van der Waals surface area contributed by atoms with Crippen LogP contribution >= 0.6 is 58.0 Å². The molecule has 4 amide bonds. The first-order valence-electron chi connectivity index (χ1n) is 20.4. The van der Waals surface area contributed by atoms with Crippen LogP contribution in [0, 0.1) is 0 Å². The zero-order valence-corrected chi connectivity index (χ0v) is 40.6. The summed E-state index contributed by atoms with van der Waals surface area (Å²) in [6.45, 7) is 2.32. The quantitative estimate of drug-likeness (QED) is 0.0314. The molecule has 0 aliphatic carbocycles. The summed E-state index contributed by atoms with van der Waals surface area (Å²) in [5.74, 6) is -2.87. The highest BCUT2D eigenvalue weighted by Gasteiger charge is 2.27. The van der Waals surface area contributed by atoms with Crippen LogP contribution in [-0.2, 0) is 37.9 Å². The molecule has 0 saturated heterocycles. The fraction of sp³-hybridized carbons (Fsp3) is 0.234. The molecule has 0 bridgehead atoms. The number of methoxy groups -OCH3 is 2. The summed E-state index contributed by atoms with van der Waals surface area (Å²) in [5.41, 5.74) is 3.33. The van der Waals surface area contributed by atoms with Crippen molar-refractivity contribution >= 4 is 127 Å². The molecule has 0 fully saturated rings. The third kappa shape index (κ3) is 13.6. The molecule has 0 radical (unpaired) electrons. The van der Waals surface area contributed by atoms with Crippen molar-refractivity contribution in [3.8, 4) is 11.5 Å². The molecule has 0 aliphatic rings. The minimum atomic E-state index is -1.62. The van der Waals surface area contributed by atoms with Crippen molar-refractivity contribution in [2.75, 3.05) is 47.2 Å². The highest BCUT2D eigenvalue weighted by Crippen LogP contribution is 2.33. The number of carbonyl (C=O) groups excluding carboxylic acids is 6. The molecule has 0 heterocycles. The summed E-state index contributed by atoms with van der Waals surface area (Å²) in [6.07, 6.45) is 0.912. The number of halogens is 5. The van der Waals surface area contributed by atoms with Gasteiger partial charge in [0, 0.05) is 29.0 Å². The third-order valence-corrected chi connectivity index (χ3v) is 11.2. The number of para-hydroxylation sites is 2. The van der Waals surface area contributed by atoms with Crippen LogP contribution in [0.25, 0.3) is 0 Å². The summed E-state index contributed by atoms with van der Waals surface area (Å²) in [7, 11) is 2.94. The zero-order chi connectivity index (χ0) is 49.5. The number of nitrogens with zero attached hydrogens (tertiary/aromatic N) is 4. The number of amides is 4. The molecule has 2 unspecified atom stereocenters. The van der Waals surface area contributed by atoms with E-state index >= 15 is 0 Å². The molecule has 21 heteroatoms. The van der Waals surface area contributed by atoms with Crippen molar-refractivity contribution in [2.45, 2.75) is 44.7 Å². The number of hydrogen-bond donors (Lipinski definition) is 4. The maximum atomic E-state index is 13.5. The maximum absolute atomic E-state index is 13.5. The smallest absolute Gasteiger partial charge is 0.258 e. The Kier molecular flexibility index (Phi) is 19.4. The van der Waals surface area contributed by atoms with E-state index in [1.54, 1.807) is 36.4 Å². The molecule has 0 spiro atoms. The Labute approximate surface area is 416 Å². The van der Waals surface area contributed by atoms with Crippen molar-refractivity contribution in [1.82, 2.24) is 0 Å². The second-order valence-electron chi connectivity index (χ2n) is 14.5. The number of ketones is 2. The number of benzene rings is 5. The predicted octanol–water partition coefficient (Wildman–Crippen LogP) is 11.2. The van der Waals surface area contributed by atoms with Gasteiger partial charge in [-0.15, -0.1) is 34.8 Å². The van der Waals surface area contributed by atoms with Crippen LogP contribution in [0.4, 0.5) is 34.1 Å². The SMILES string of the molecule is COc1cccc(CCCl)c1NC(=O)c1cc(N=NC(C(C)=O)C(=O)Nc2ccc(NC(=O)C(N=Nc3ccc(Cl)c(C(=O)Nc4c(CCCl)cccc4OC)c3)C(C)=O)c(CCl)c2)ccc1Cl. The van der Waals surface area contributed by atoms with Gasteiger partial charge in [-0.05, 0) is 110 Å². The van der Waals surface area contributed by atoms with E-state index in [4.69, 9.17) is 67.5 Å². The first kappa shape index (κ1) is 52.5. The molecular weight excluding hydrogens is 982 g/mol. The minimum Gasteiger partial charge on any atom is -0.495 e. The van der Waals surface area contributed by atoms with Gasteiger partial charge in [0.15, 0.2) is 11.6 Å². The van der Waals surface area contributed by atoms with E-state index in [1.807, 2.05) is 0 Å². The van der Waals surface area contributed by atoms with Gasteiger partial charge >= 0.3 is 0 Å². The molecular formula is C47H43Cl5N8O8. The molecule has 4 N–H and O–H groups in total. The van der Waals surface area contributed by atoms with Gasteiger partial charge in [0.25, 0.3) is 23.6 Å². The Morgan fingerprint density at radius 2 is 1.01 bits per heavy atom. The first-order valence-corrected chi connectivity index (χ1v) is 22.8. The molecule has 0 saturated carbocycles. The van der Waals surface area contributed by atoms with E-state index in [0.717, 1.165) is 25.0 Å². The average Bonchev–Trinajstić information content (AvgIpc) is 3.31. The largest absolute Gasteiger partial charge is 0.495 e. The highest BCUT2D eigenvalue weighted by atomic mass is 35.5. The predicted molar refractivity (Wildman–Crippen MR) is 265 cm³/mol. The molecule has 5 aromatic carbocycles. The Bertz CT molecular complexity index is 2790.